The Kier molecular flexibility index (Phi) is 21.4. The van der Waals surface area contributed by atoms with Crippen molar-refractivity contribution in [2.45, 2.75) is 0 Å². The van der Waals surface area contributed by atoms with Crippen LogP contribution in [0.5, 0.6) is 0 Å². The molecule has 0 aliphatic heterocycles. The zero-order valence-electron chi connectivity index (χ0n) is 7.22. The summed E-state index contributed by atoms with van der Waals surface area (Å²) in [5.74, 6) is 0. The number of allylic oxidation sites excluding steroid dienone is 2. The van der Waals surface area contributed by atoms with E-state index in [2.05, 4.69) is 13.2 Å². The average molecular weight is 273 g/mol. The molecule has 0 saturated heterocycles. The molecule has 0 bridgehead atoms. The van der Waals surface area contributed by atoms with Gasteiger partial charge in [-0.25, -0.2) is 0 Å². The Labute approximate surface area is 92.2 Å². The molecule has 2 atom stereocenters. The summed E-state index contributed by atoms with van der Waals surface area (Å²) in [6.07, 6.45) is 2.89. The van der Waals surface area contributed by atoms with E-state index in [4.69, 9.17) is 0 Å². The molecule has 0 radical (unpaired) electrons. The van der Waals surface area contributed by atoms with Crippen LogP contribution in [0.1, 0.15) is 0 Å². The van der Waals surface area contributed by atoms with Crippen LogP contribution in [-0.4, -0.2) is 12.3 Å². The molecule has 0 amide bonds. The molecule has 0 fully saturated rings. The molecule has 0 aromatic heterocycles. The van der Waals surface area contributed by atoms with Gasteiger partial charge in [-0.3, -0.25) is 0 Å². The second-order valence-electron chi connectivity index (χ2n) is 1.61. The van der Waals surface area contributed by atoms with Crippen LogP contribution in [0.25, 0.3) is 0 Å². The van der Waals surface area contributed by atoms with E-state index in [0.717, 1.165) is 0 Å². The topological polar surface area (TPSA) is 80.3 Å². The van der Waals surface area contributed by atoms with Gasteiger partial charge in [0.15, 0.2) is 12.3 Å². The summed E-state index contributed by atoms with van der Waals surface area (Å²) in [6, 6.07) is 0. The first-order valence-corrected chi connectivity index (χ1v) is 5.72. The molecule has 0 aliphatic rings. The molecule has 2 unspecified atom stereocenters. The first kappa shape index (κ1) is 18.9. The van der Waals surface area contributed by atoms with Gasteiger partial charge in [-0.2, -0.15) is 0 Å². The van der Waals surface area contributed by atoms with Gasteiger partial charge in [0, 0.05) is 0 Å². The van der Waals surface area contributed by atoms with E-state index < -0.39 is 16.1 Å². The Morgan fingerprint density at radius 3 is 1.23 bits per heavy atom. The van der Waals surface area contributed by atoms with Crippen LogP contribution in [-0.2, 0) is 28.6 Å². The zero-order chi connectivity index (χ0) is 9.98. The molecule has 0 aromatic rings. The minimum absolute atomic E-state index is 0. The van der Waals surface area contributed by atoms with Gasteiger partial charge >= 0.3 is 35.5 Å². The maximum atomic E-state index is 9.57. The molecule has 0 N–H and O–H groups in total. The second-order valence-corrected chi connectivity index (χ2v) is 3.67. The molecule has 0 heterocycles. The van der Waals surface area contributed by atoms with Crippen LogP contribution in [0.3, 0.4) is 0 Å². The molecule has 0 spiro atoms. The number of rotatable bonds is 4. The van der Waals surface area contributed by atoms with Crippen molar-refractivity contribution in [1.82, 2.24) is 0 Å². The molecule has 68 valence electrons. The summed E-state index contributed by atoms with van der Waals surface area (Å²) in [5.41, 5.74) is 0. The molecule has 0 aliphatic carbocycles. The minimum atomic E-state index is -2.22. The van der Waals surface area contributed by atoms with Gasteiger partial charge in [0.05, 0.1) is 0 Å². The third kappa shape index (κ3) is 33.0. The first-order chi connectivity index (χ1) is 5.54. The SMILES string of the molecule is C=CC[P+](=O)[O-].C=CC[P+](=O)[O-].[Zn+2]. The maximum absolute atomic E-state index is 9.57. The van der Waals surface area contributed by atoms with Crippen molar-refractivity contribution < 1.29 is 38.4 Å². The van der Waals surface area contributed by atoms with Crippen LogP contribution < -0.4 is 9.79 Å². The molecule has 0 rings (SSSR count). The minimum Gasteiger partial charge on any atom is -0.595 e. The molecular weight excluding hydrogens is 263 g/mol. The van der Waals surface area contributed by atoms with Crippen molar-refractivity contribution in [3.05, 3.63) is 25.3 Å². The Balaban J connectivity index is -0.000000143. The zero-order valence-corrected chi connectivity index (χ0v) is 12.0. The summed E-state index contributed by atoms with van der Waals surface area (Å²) >= 11 is 0. The van der Waals surface area contributed by atoms with Crippen molar-refractivity contribution in [2.24, 2.45) is 0 Å². The predicted octanol–water partition coefficient (Wildman–Crippen LogP) is 0.548. The molecule has 13 heavy (non-hydrogen) atoms. The largest absolute Gasteiger partial charge is 2.00 e. The molecule has 0 aromatic carbocycles. The quantitative estimate of drug-likeness (QED) is 0.425. The summed E-state index contributed by atoms with van der Waals surface area (Å²) < 4.78 is 19.1. The monoisotopic (exact) mass is 272 g/mol. The van der Waals surface area contributed by atoms with Crippen LogP contribution in [0.15, 0.2) is 25.3 Å². The van der Waals surface area contributed by atoms with E-state index >= 15 is 0 Å². The van der Waals surface area contributed by atoms with E-state index in [1.54, 1.807) is 0 Å². The Morgan fingerprint density at radius 2 is 1.23 bits per heavy atom. The van der Waals surface area contributed by atoms with Gasteiger partial charge in [0.2, 0.25) is 0 Å². The summed E-state index contributed by atoms with van der Waals surface area (Å²) in [6.45, 7) is 6.43. The first-order valence-electron chi connectivity index (χ1n) is 3.00. The fourth-order valence-corrected chi connectivity index (χ4v) is 0.632. The van der Waals surface area contributed by atoms with Crippen LogP contribution in [0.2, 0.25) is 0 Å². The van der Waals surface area contributed by atoms with Crippen molar-refractivity contribution in [2.75, 3.05) is 12.3 Å². The second kappa shape index (κ2) is 14.7. The van der Waals surface area contributed by atoms with Gasteiger partial charge in [-0.05, 0) is 12.2 Å². The van der Waals surface area contributed by atoms with E-state index in [1.165, 1.54) is 12.2 Å². The fraction of sp³-hybridized carbons (Fsp3) is 0.333. The molecule has 0 saturated carbocycles. The van der Waals surface area contributed by atoms with E-state index in [9.17, 15) is 18.9 Å². The van der Waals surface area contributed by atoms with E-state index in [0.29, 0.717) is 0 Å². The van der Waals surface area contributed by atoms with Crippen molar-refractivity contribution in [3.63, 3.8) is 0 Å². The summed E-state index contributed by atoms with van der Waals surface area (Å²) in [5, 5.41) is 0. The molecule has 4 nitrogen and oxygen atoms in total. The van der Waals surface area contributed by atoms with Crippen molar-refractivity contribution in [3.8, 4) is 0 Å². The average Bonchev–Trinajstić information content (AvgIpc) is 1.87. The standard InChI is InChI=1S/2C3H5O2P.Zn/c2*1-2-3-6(4)5;/h2*2H,1,3H2;/q;;+2. The summed E-state index contributed by atoms with van der Waals surface area (Å²) in [4.78, 5) is 19.1. The van der Waals surface area contributed by atoms with Crippen LogP contribution in [0.4, 0.5) is 0 Å². The molecular formula is C6H10O4P2Zn+2. The van der Waals surface area contributed by atoms with Gasteiger partial charge in [0.25, 0.3) is 0 Å². The van der Waals surface area contributed by atoms with E-state index in [-0.39, 0.29) is 31.8 Å². The maximum Gasteiger partial charge on any atom is 2.00 e. The Hall–Kier alpha value is 0.223. The van der Waals surface area contributed by atoms with Gasteiger partial charge < -0.3 is 9.79 Å². The van der Waals surface area contributed by atoms with Crippen LogP contribution >= 0.6 is 16.1 Å². The van der Waals surface area contributed by atoms with Crippen LogP contribution in [0, 0.1) is 0 Å². The molecule has 7 heteroatoms. The van der Waals surface area contributed by atoms with Crippen molar-refractivity contribution >= 4 is 16.1 Å². The summed E-state index contributed by atoms with van der Waals surface area (Å²) in [7, 11) is -4.44. The Bertz CT molecular complexity index is 163. The third-order valence-corrected chi connectivity index (χ3v) is 1.67. The third-order valence-electron chi connectivity index (χ3n) is 0.556. The normalized spacial score (nSPS) is 9.69. The predicted molar refractivity (Wildman–Crippen MR) is 45.3 cm³/mol. The van der Waals surface area contributed by atoms with E-state index in [1.807, 2.05) is 0 Å². The Morgan fingerprint density at radius 1 is 1.00 bits per heavy atom. The number of hydrogen-bond donors (Lipinski definition) is 0. The smallest absolute Gasteiger partial charge is 0.595 e. The van der Waals surface area contributed by atoms with Crippen molar-refractivity contribution in [1.29, 1.82) is 0 Å². The fourth-order valence-electron chi connectivity index (χ4n) is 0.211. The van der Waals surface area contributed by atoms with Gasteiger partial charge in [-0.1, -0.05) is 22.3 Å². The van der Waals surface area contributed by atoms with Gasteiger partial charge in [0.1, 0.15) is 0 Å². The van der Waals surface area contributed by atoms with Gasteiger partial charge in [-0.15, -0.1) is 0 Å². The number of hydrogen-bond acceptors (Lipinski definition) is 4.